The van der Waals surface area contributed by atoms with Gasteiger partial charge in [-0.25, -0.2) is 4.39 Å². The number of anilines is 2. The smallest absolute Gasteiger partial charge is 0.262 e. The number of carbonyl (C=O) groups excluding carboxylic acids is 2. The van der Waals surface area contributed by atoms with E-state index in [2.05, 4.69) is 10.6 Å². The number of aromatic nitrogens is 1. The summed E-state index contributed by atoms with van der Waals surface area (Å²) in [4.78, 5) is 25.1. The number of ether oxygens (including phenoxy) is 1. The average Bonchev–Trinajstić information content (AvgIpc) is 3.16. The molecule has 2 amide bonds. The number of para-hydroxylation sites is 2. The molecule has 0 aliphatic carbocycles. The average molecular weight is 417 g/mol. The van der Waals surface area contributed by atoms with Crippen molar-refractivity contribution in [3.8, 4) is 5.75 Å². The van der Waals surface area contributed by atoms with Gasteiger partial charge >= 0.3 is 0 Å². The van der Waals surface area contributed by atoms with Crippen molar-refractivity contribution in [2.45, 2.75) is 0 Å². The molecule has 6 nitrogen and oxygen atoms in total. The van der Waals surface area contributed by atoms with E-state index in [1.165, 1.54) is 18.2 Å². The Bertz CT molecular complexity index is 1270. The van der Waals surface area contributed by atoms with E-state index in [-0.39, 0.29) is 29.5 Å². The Morgan fingerprint density at radius 1 is 0.903 bits per heavy atom. The van der Waals surface area contributed by atoms with Crippen LogP contribution >= 0.6 is 0 Å². The monoisotopic (exact) mass is 417 g/mol. The first-order valence-corrected chi connectivity index (χ1v) is 9.64. The summed E-state index contributed by atoms with van der Waals surface area (Å²) in [6.45, 7) is -0.368. The number of hydrogen-bond donors (Lipinski definition) is 2. The fourth-order valence-corrected chi connectivity index (χ4v) is 3.27. The van der Waals surface area contributed by atoms with Crippen molar-refractivity contribution in [3.63, 3.8) is 0 Å². The number of hydrogen-bond acceptors (Lipinski definition) is 3. The van der Waals surface area contributed by atoms with Gasteiger partial charge in [-0.15, -0.1) is 0 Å². The predicted octanol–water partition coefficient (Wildman–Crippen LogP) is 4.59. The maximum Gasteiger partial charge on any atom is 0.262 e. The Morgan fingerprint density at radius 3 is 2.48 bits per heavy atom. The molecule has 3 aromatic carbocycles. The first-order valence-electron chi connectivity index (χ1n) is 9.64. The van der Waals surface area contributed by atoms with E-state index in [4.69, 9.17) is 4.74 Å². The van der Waals surface area contributed by atoms with Crippen molar-refractivity contribution in [1.82, 2.24) is 4.57 Å². The third-order valence-electron chi connectivity index (χ3n) is 4.81. The first-order chi connectivity index (χ1) is 15.0. The summed E-state index contributed by atoms with van der Waals surface area (Å²) in [5.74, 6) is -1.18. The number of halogens is 1. The fourth-order valence-electron chi connectivity index (χ4n) is 3.27. The molecule has 1 heterocycles. The zero-order valence-electron chi connectivity index (χ0n) is 16.8. The zero-order chi connectivity index (χ0) is 21.8. The van der Waals surface area contributed by atoms with Crippen LogP contribution in [0.25, 0.3) is 10.9 Å². The van der Waals surface area contributed by atoms with E-state index < -0.39 is 11.7 Å². The van der Waals surface area contributed by atoms with Gasteiger partial charge in [0.1, 0.15) is 11.6 Å². The molecule has 0 unspecified atom stereocenters. The number of fused-ring (bicyclic) bond motifs is 1. The van der Waals surface area contributed by atoms with Gasteiger partial charge in [0.05, 0.1) is 16.9 Å². The van der Waals surface area contributed by atoms with E-state index in [9.17, 15) is 14.0 Å². The molecule has 2 N–H and O–H groups in total. The lowest BCUT2D eigenvalue weighted by atomic mass is 10.1. The number of carbonyl (C=O) groups is 2. The molecule has 0 aliphatic rings. The normalized spacial score (nSPS) is 10.6. The van der Waals surface area contributed by atoms with Crippen LogP contribution in [0.3, 0.4) is 0 Å². The number of nitrogens with one attached hydrogen (secondary N) is 2. The van der Waals surface area contributed by atoms with Crippen molar-refractivity contribution in [2.24, 2.45) is 7.05 Å². The second kappa shape index (κ2) is 8.71. The highest BCUT2D eigenvalue weighted by molar-refractivity contribution is 6.10. The summed E-state index contributed by atoms with van der Waals surface area (Å²) < 4.78 is 21.2. The number of amides is 2. The fraction of sp³-hybridized carbons (Fsp3) is 0.0833. The molecule has 31 heavy (non-hydrogen) atoms. The predicted molar refractivity (Wildman–Crippen MR) is 118 cm³/mol. The standard InChI is InChI=1S/C24H20FN3O3/c1-28-14-13-16-19(10-6-11-21(16)28)27-24(30)17-7-2-5-12-22(17)31-15-23(29)26-20-9-4-3-8-18(20)25/h2-14H,15H2,1H3,(H,26,29)(H,27,30). The van der Waals surface area contributed by atoms with Gasteiger partial charge in [-0.05, 0) is 42.5 Å². The second-order valence-corrected chi connectivity index (χ2v) is 6.93. The molecule has 156 valence electrons. The van der Waals surface area contributed by atoms with Crippen LogP contribution in [-0.2, 0) is 11.8 Å². The third-order valence-corrected chi connectivity index (χ3v) is 4.81. The Hall–Kier alpha value is -4.13. The van der Waals surface area contributed by atoms with Gasteiger partial charge in [-0.1, -0.05) is 30.3 Å². The summed E-state index contributed by atoms with van der Waals surface area (Å²) in [5.41, 5.74) is 2.02. The largest absolute Gasteiger partial charge is 0.483 e. The minimum absolute atomic E-state index is 0.0677. The molecule has 4 rings (SSSR count). The number of nitrogens with zero attached hydrogens (tertiary/aromatic N) is 1. The maximum absolute atomic E-state index is 13.7. The third kappa shape index (κ3) is 4.40. The summed E-state index contributed by atoms with van der Waals surface area (Å²) in [6.07, 6.45) is 1.92. The summed E-state index contributed by atoms with van der Waals surface area (Å²) in [7, 11) is 1.93. The van der Waals surface area contributed by atoms with Crippen LogP contribution < -0.4 is 15.4 Å². The van der Waals surface area contributed by atoms with Gasteiger partial charge in [0.15, 0.2) is 6.61 Å². The Morgan fingerprint density at radius 2 is 1.65 bits per heavy atom. The molecule has 4 aromatic rings. The summed E-state index contributed by atoms with van der Waals surface area (Å²) >= 11 is 0. The first kappa shape index (κ1) is 20.2. The molecule has 0 radical (unpaired) electrons. The van der Waals surface area contributed by atoms with E-state index >= 15 is 0 Å². The second-order valence-electron chi connectivity index (χ2n) is 6.93. The molecule has 0 atom stereocenters. The Kier molecular flexibility index (Phi) is 5.66. The van der Waals surface area contributed by atoms with Gasteiger partial charge in [0.25, 0.3) is 11.8 Å². The highest BCUT2D eigenvalue weighted by Crippen LogP contribution is 2.26. The van der Waals surface area contributed by atoms with Crippen LogP contribution in [0.15, 0.2) is 79.0 Å². The minimum atomic E-state index is -0.536. The van der Waals surface area contributed by atoms with Crippen LogP contribution in [0.1, 0.15) is 10.4 Å². The highest BCUT2D eigenvalue weighted by Gasteiger charge is 2.15. The molecular weight excluding hydrogens is 397 g/mol. The molecule has 0 aliphatic heterocycles. The van der Waals surface area contributed by atoms with Crippen LogP contribution in [0, 0.1) is 5.82 Å². The van der Waals surface area contributed by atoms with Crippen molar-refractivity contribution in [1.29, 1.82) is 0 Å². The van der Waals surface area contributed by atoms with Gasteiger partial charge in [0.2, 0.25) is 0 Å². The van der Waals surface area contributed by atoms with Crippen LogP contribution in [0.5, 0.6) is 5.75 Å². The van der Waals surface area contributed by atoms with Gasteiger partial charge in [-0.2, -0.15) is 0 Å². The van der Waals surface area contributed by atoms with Gasteiger partial charge in [-0.3, -0.25) is 9.59 Å². The van der Waals surface area contributed by atoms with Gasteiger partial charge < -0.3 is 19.9 Å². The molecule has 0 saturated carbocycles. The Labute approximate surface area is 178 Å². The lowest BCUT2D eigenvalue weighted by Gasteiger charge is -2.13. The van der Waals surface area contributed by atoms with Crippen LogP contribution in [0.4, 0.5) is 15.8 Å². The zero-order valence-corrected chi connectivity index (χ0v) is 16.8. The molecule has 0 spiro atoms. The topological polar surface area (TPSA) is 72.4 Å². The van der Waals surface area contributed by atoms with Crippen molar-refractivity contribution < 1.29 is 18.7 Å². The highest BCUT2D eigenvalue weighted by atomic mass is 19.1. The van der Waals surface area contributed by atoms with Gasteiger partial charge in [0, 0.05) is 24.1 Å². The maximum atomic E-state index is 13.7. The number of aryl methyl sites for hydroxylation is 1. The molecule has 7 heteroatoms. The van der Waals surface area contributed by atoms with E-state index in [1.807, 2.05) is 42.1 Å². The van der Waals surface area contributed by atoms with E-state index in [0.717, 1.165) is 10.9 Å². The van der Waals surface area contributed by atoms with E-state index in [0.29, 0.717) is 5.69 Å². The van der Waals surface area contributed by atoms with Crippen molar-refractivity contribution >= 4 is 34.1 Å². The van der Waals surface area contributed by atoms with Crippen molar-refractivity contribution in [2.75, 3.05) is 17.2 Å². The summed E-state index contributed by atoms with van der Waals surface area (Å²) in [5, 5.41) is 6.27. The Balaban J connectivity index is 1.47. The molecular formula is C24H20FN3O3. The lowest BCUT2D eigenvalue weighted by Crippen LogP contribution is -2.22. The molecule has 0 saturated heterocycles. The SMILES string of the molecule is Cn1ccc2c(NC(=O)c3ccccc3OCC(=O)Nc3ccccc3F)cccc21. The van der Waals surface area contributed by atoms with Crippen molar-refractivity contribution in [3.05, 3.63) is 90.4 Å². The lowest BCUT2D eigenvalue weighted by molar-refractivity contribution is -0.118. The quantitative estimate of drug-likeness (QED) is 0.482. The van der Waals surface area contributed by atoms with Crippen LogP contribution in [0.2, 0.25) is 0 Å². The minimum Gasteiger partial charge on any atom is -0.483 e. The van der Waals surface area contributed by atoms with E-state index in [1.54, 1.807) is 30.3 Å². The number of benzene rings is 3. The van der Waals surface area contributed by atoms with Crippen LogP contribution in [-0.4, -0.2) is 23.0 Å². The number of rotatable bonds is 6. The molecule has 0 bridgehead atoms. The molecule has 0 fully saturated rings. The summed E-state index contributed by atoms with van der Waals surface area (Å²) in [6, 6.07) is 20.1. The molecule has 1 aromatic heterocycles.